The second-order valence-corrected chi connectivity index (χ2v) is 3.87. The van der Waals surface area contributed by atoms with E-state index in [4.69, 9.17) is 0 Å². The van der Waals surface area contributed by atoms with Crippen LogP contribution in [-0.2, 0) is 13.5 Å². The number of hydrogen-bond acceptors (Lipinski definition) is 4. The molecule has 0 spiro atoms. The van der Waals surface area contributed by atoms with Gasteiger partial charge in [0.25, 0.3) is 5.56 Å². The maximum absolute atomic E-state index is 11.2. The van der Waals surface area contributed by atoms with E-state index in [1.54, 1.807) is 11.6 Å². The van der Waals surface area contributed by atoms with Gasteiger partial charge in [0.05, 0.1) is 5.69 Å². The number of hydrogen-bond donors (Lipinski definition) is 2. The van der Waals surface area contributed by atoms with Crippen LogP contribution in [0, 0.1) is 6.92 Å². The molecule has 0 aliphatic rings. The summed E-state index contributed by atoms with van der Waals surface area (Å²) in [5.41, 5.74) is 0.874. The van der Waals surface area contributed by atoms with Gasteiger partial charge in [-0.25, -0.2) is 4.98 Å². The van der Waals surface area contributed by atoms with Gasteiger partial charge in [-0.3, -0.25) is 9.48 Å². The first kappa shape index (κ1) is 11.4. The Morgan fingerprint density at radius 1 is 1.53 bits per heavy atom. The third-order valence-corrected chi connectivity index (χ3v) is 2.32. The highest BCUT2D eigenvalue weighted by molar-refractivity contribution is 5.32. The van der Waals surface area contributed by atoms with Crippen LogP contribution in [0.4, 0.5) is 5.82 Å². The zero-order chi connectivity index (χ0) is 12.3. The van der Waals surface area contributed by atoms with Gasteiger partial charge in [-0.15, -0.1) is 0 Å². The predicted molar refractivity (Wildman–Crippen MR) is 65.0 cm³/mol. The summed E-state index contributed by atoms with van der Waals surface area (Å²) in [7, 11) is 1.89. The first-order valence-electron chi connectivity index (χ1n) is 5.44. The van der Waals surface area contributed by atoms with E-state index in [-0.39, 0.29) is 5.56 Å². The number of aromatic nitrogens is 4. The molecule has 0 aromatic carbocycles. The van der Waals surface area contributed by atoms with E-state index in [9.17, 15) is 4.79 Å². The van der Waals surface area contributed by atoms with Crippen LogP contribution in [0.1, 0.15) is 11.5 Å². The quantitative estimate of drug-likeness (QED) is 0.804. The summed E-state index contributed by atoms with van der Waals surface area (Å²) in [6.07, 6.45) is 2.71. The number of nitrogens with zero attached hydrogens (tertiary/aromatic N) is 3. The number of H-pyrrole nitrogens is 1. The van der Waals surface area contributed by atoms with E-state index in [1.165, 1.54) is 6.07 Å². The number of rotatable bonds is 4. The van der Waals surface area contributed by atoms with Gasteiger partial charge in [-0.1, -0.05) is 0 Å². The van der Waals surface area contributed by atoms with Gasteiger partial charge in [-0.05, 0) is 13.0 Å². The maximum atomic E-state index is 11.2. The molecule has 2 heterocycles. The second kappa shape index (κ2) is 4.82. The Balaban J connectivity index is 1.92. The van der Waals surface area contributed by atoms with Crippen molar-refractivity contribution in [2.24, 2.45) is 7.05 Å². The summed E-state index contributed by atoms with van der Waals surface area (Å²) in [5.74, 6) is 1.21. The summed E-state index contributed by atoms with van der Waals surface area (Å²) in [6.45, 7) is 2.46. The van der Waals surface area contributed by atoms with E-state index >= 15 is 0 Å². The van der Waals surface area contributed by atoms with Crippen LogP contribution >= 0.6 is 0 Å². The molecule has 0 saturated carbocycles. The molecule has 6 nitrogen and oxygen atoms in total. The third-order valence-electron chi connectivity index (χ3n) is 2.32. The highest BCUT2D eigenvalue weighted by Gasteiger charge is 1.99. The SMILES string of the molecule is Cc1nc(NCCc2ccn(C)n2)cc(=O)[nH]1. The van der Waals surface area contributed by atoms with Crippen molar-refractivity contribution in [2.45, 2.75) is 13.3 Å². The van der Waals surface area contributed by atoms with Gasteiger partial charge in [-0.2, -0.15) is 5.10 Å². The molecule has 0 saturated heterocycles. The second-order valence-electron chi connectivity index (χ2n) is 3.87. The van der Waals surface area contributed by atoms with Gasteiger partial charge < -0.3 is 10.3 Å². The molecule has 0 unspecified atom stereocenters. The molecule has 0 aliphatic heterocycles. The molecule has 2 rings (SSSR count). The first-order chi connectivity index (χ1) is 8.13. The van der Waals surface area contributed by atoms with Crippen LogP contribution < -0.4 is 10.9 Å². The minimum atomic E-state index is -0.141. The Morgan fingerprint density at radius 2 is 2.35 bits per heavy atom. The summed E-state index contributed by atoms with van der Waals surface area (Å²) in [5, 5.41) is 7.37. The summed E-state index contributed by atoms with van der Waals surface area (Å²) >= 11 is 0. The van der Waals surface area contributed by atoms with Crippen LogP contribution in [-0.4, -0.2) is 26.3 Å². The fourth-order valence-electron chi connectivity index (χ4n) is 1.59. The van der Waals surface area contributed by atoms with Crippen molar-refractivity contribution >= 4 is 5.82 Å². The Hall–Kier alpha value is -2.11. The van der Waals surface area contributed by atoms with Crippen molar-refractivity contribution in [3.63, 3.8) is 0 Å². The average molecular weight is 233 g/mol. The molecule has 2 N–H and O–H groups in total. The lowest BCUT2D eigenvalue weighted by molar-refractivity contribution is 0.741. The van der Waals surface area contributed by atoms with Crippen LogP contribution in [0.15, 0.2) is 23.1 Å². The van der Waals surface area contributed by atoms with Gasteiger partial charge in [0.1, 0.15) is 11.6 Å². The highest BCUT2D eigenvalue weighted by atomic mass is 16.1. The Kier molecular flexibility index (Phi) is 3.22. The maximum Gasteiger partial charge on any atom is 0.252 e. The summed E-state index contributed by atoms with van der Waals surface area (Å²) in [4.78, 5) is 18.0. The predicted octanol–water partition coefficient (Wildman–Crippen LogP) is 0.466. The first-order valence-corrected chi connectivity index (χ1v) is 5.44. The van der Waals surface area contributed by atoms with E-state index in [2.05, 4.69) is 20.4 Å². The minimum Gasteiger partial charge on any atom is -0.369 e. The van der Waals surface area contributed by atoms with Crippen LogP contribution in [0.3, 0.4) is 0 Å². The molecule has 2 aromatic heterocycles. The van der Waals surface area contributed by atoms with Gasteiger partial charge in [0, 0.05) is 32.3 Å². The van der Waals surface area contributed by atoms with Gasteiger partial charge >= 0.3 is 0 Å². The molecule has 0 fully saturated rings. The average Bonchev–Trinajstić information content (AvgIpc) is 2.63. The van der Waals surface area contributed by atoms with E-state index in [1.807, 2.05) is 19.3 Å². The number of aromatic amines is 1. The Morgan fingerprint density at radius 3 is 3.00 bits per heavy atom. The zero-order valence-corrected chi connectivity index (χ0v) is 9.90. The smallest absolute Gasteiger partial charge is 0.252 e. The Labute approximate surface area is 98.7 Å². The fourth-order valence-corrected chi connectivity index (χ4v) is 1.59. The molecular formula is C11H15N5O. The zero-order valence-electron chi connectivity index (χ0n) is 9.90. The van der Waals surface area contributed by atoms with Crippen LogP contribution in [0.2, 0.25) is 0 Å². The van der Waals surface area contributed by atoms with Crippen LogP contribution in [0.5, 0.6) is 0 Å². The van der Waals surface area contributed by atoms with E-state index < -0.39 is 0 Å². The molecular weight excluding hydrogens is 218 g/mol. The molecule has 90 valence electrons. The molecule has 0 radical (unpaired) electrons. The summed E-state index contributed by atoms with van der Waals surface area (Å²) < 4.78 is 1.77. The van der Waals surface area contributed by atoms with Crippen molar-refractivity contribution in [3.8, 4) is 0 Å². The molecule has 0 bridgehead atoms. The molecule has 0 aliphatic carbocycles. The molecule has 0 atom stereocenters. The molecule has 17 heavy (non-hydrogen) atoms. The van der Waals surface area contributed by atoms with Crippen molar-refractivity contribution in [3.05, 3.63) is 40.2 Å². The fraction of sp³-hybridized carbons (Fsp3) is 0.364. The van der Waals surface area contributed by atoms with Crippen LogP contribution in [0.25, 0.3) is 0 Å². The normalized spacial score (nSPS) is 10.5. The van der Waals surface area contributed by atoms with Gasteiger partial charge in [0.15, 0.2) is 0 Å². The Bertz CT molecular complexity index is 557. The minimum absolute atomic E-state index is 0.141. The van der Waals surface area contributed by atoms with Crippen molar-refractivity contribution in [2.75, 3.05) is 11.9 Å². The number of nitrogens with one attached hydrogen (secondary N) is 2. The number of anilines is 1. The lowest BCUT2D eigenvalue weighted by Crippen LogP contribution is -2.13. The monoisotopic (exact) mass is 233 g/mol. The van der Waals surface area contributed by atoms with Crippen molar-refractivity contribution in [1.29, 1.82) is 0 Å². The lowest BCUT2D eigenvalue weighted by atomic mass is 10.3. The molecule has 6 heteroatoms. The number of aryl methyl sites for hydroxylation is 2. The molecule has 0 amide bonds. The lowest BCUT2D eigenvalue weighted by Gasteiger charge is -2.04. The largest absolute Gasteiger partial charge is 0.369 e. The third kappa shape index (κ3) is 3.17. The topological polar surface area (TPSA) is 75.6 Å². The van der Waals surface area contributed by atoms with Crippen molar-refractivity contribution in [1.82, 2.24) is 19.7 Å². The standard InChI is InChI=1S/C11H15N5O/c1-8-13-10(7-11(17)14-8)12-5-3-9-4-6-16(2)15-9/h4,6-7H,3,5H2,1-2H3,(H2,12,13,14,17). The van der Waals surface area contributed by atoms with Crippen molar-refractivity contribution < 1.29 is 0 Å². The van der Waals surface area contributed by atoms with E-state index in [0.717, 1.165) is 12.1 Å². The summed E-state index contributed by atoms with van der Waals surface area (Å²) in [6, 6.07) is 3.42. The molecule has 2 aromatic rings. The van der Waals surface area contributed by atoms with Gasteiger partial charge in [0.2, 0.25) is 0 Å². The highest BCUT2D eigenvalue weighted by Crippen LogP contribution is 2.00. The van der Waals surface area contributed by atoms with E-state index in [0.29, 0.717) is 18.2 Å².